The molecular weight excluding hydrogens is 264 g/mol. The highest BCUT2D eigenvalue weighted by molar-refractivity contribution is 7.92. The first-order chi connectivity index (χ1) is 8.79. The van der Waals surface area contributed by atoms with Gasteiger partial charge in [0.25, 0.3) is 0 Å². The molecule has 0 radical (unpaired) electrons. The van der Waals surface area contributed by atoms with E-state index in [0.29, 0.717) is 11.4 Å². The van der Waals surface area contributed by atoms with Crippen LogP contribution in [-0.4, -0.2) is 31.3 Å². The van der Waals surface area contributed by atoms with Crippen molar-refractivity contribution < 1.29 is 8.42 Å². The van der Waals surface area contributed by atoms with Crippen LogP contribution in [0.5, 0.6) is 0 Å². The van der Waals surface area contributed by atoms with Gasteiger partial charge in [0.2, 0.25) is 10.0 Å². The van der Waals surface area contributed by atoms with Gasteiger partial charge >= 0.3 is 0 Å². The van der Waals surface area contributed by atoms with Crippen LogP contribution in [0.1, 0.15) is 0 Å². The molecule has 0 aliphatic carbocycles. The number of nitrogens with two attached hydrogens (primary N) is 1. The van der Waals surface area contributed by atoms with Gasteiger partial charge in [-0.2, -0.15) is 0 Å². The topological polar surface area (TPSA) is 81.2 Å². The van der Waals surface area contributed by atoms with E-state index in [4.69, 9.17) is 5.73 Å². The quantitative estimate of drug-likeness (QED) is 0.853. The van der Waals surface area contributed by atoms with E-state index in [2.05, 4.69) is 4.98 Å². The molecule has 7 heteroatoms. The van der Waals surface area contributed by atoms with Crippen LogP contribution >= 0.6 is 0 Å². The monoisotopic (exact) mass is 280 g/mol. The normalized spacial score (nSPS) is 11.5. The Balaban J connectivity index is 2.52. The van der Waals surface area contributed by atoms with Crippen LogP contribution in [0.15, 0.2) is 30.7 Å². The fraction of sp³-hybridized carbons (Fsp3) is 0.250. The van der Waals surface area contributed by atoms with Crippen molar-refractivity contribution in [2.45, 2.75) is 0 Å². The van der Waals surface area contributed by atoms with Gasteiger partial charge < -0.3 is 10.3 Å². The maximum absolute atomic E-state index is 11.6. The highest BCUT2D eigenvalue weighted by Crippen LogP contribution is 2.29. The zero-order chi connectivity index (χ0) is 14.2. The van der Waals surface area contributed by atoms with E-state index in [-0.39, 0.29) is 0 Å². The summed E-state index contributed by atoms with van der Waals surface area (Å²) >= 11 is 0. The number of hydrogen-bond acceptors (Lipinski definition) is 4. The summed E-state index contributed by atoms with van der Waals surface area (Å²) in [6, 6.07) is 5.22. The average Bonchev–Trinajstić information content (AvgIpc) is 2.74. The molecule has 102 valence electrons. The van der Waals surface area contributed by atoms with Gasteiger partial charge in [0.1, 0.15) is 0 Å². The molecule has 0 fully saturated rings. The Bertz CT molecular complexity index is 706. The van der Waals surface area contributed by atoms with Crippen molar-refractivity contribution in [2.75, 3.05) is 23.3 Å². The Labute approximate surface area is 112 Å². The summed E-state index contributed by atoms with van der Waals surface area (Å²) in [6.07, 6.45) is 4.68. The van der Waals surface area contributed by atoms with Gasteiger partial charge in [-0.1, -0.05) is 6.07 Å². The fourth-order valence-corrected chi connectivity index (χ4v) is 2.23. The zero-order valence-electron chi connectivity index (χ0n) is 11.0. The third-order valence-corrected chi connectivity index (χ3v) is 4.06. The molecule has 0 unspecified atom stereocenters. The van der Waals surface area contributed by atoms with E-state index < -0.39 is 10.0 Å². The van der Waals surface area contributed by atoms with Gasteiger partial charge in [-0.05, 0) is 12.1 Å². The molecule has 6 nitrogen and oxygen atoms in total. The standard InChI is InChI=1S/C12H16N4O2S/c1-15-7-11(14-8-15)9-4-5-10(13)12(6-9)16(2)19(3,17)18/h4-8H,13H2,1-3H3. The van der Waals surface area contributed by atoms with Crippen molar-refractivity contribution in [1.29, 1.82) is 0 Å². The molecular formula is C12H16N4O2S. The van der Waals surface area contributed by atoms with Crippen molar-refractivity contribution in [1.82, 2.24) is 9.55 Å². The molecule has 1 heterocycles. The van der Waals surface area contributed by atoms with Crippen molar-refractivity contribution in [2.24, 2.45) is 7.05 Å². The van der Waals surface area contributed by atoms with Crippen LogP contribution in [0.25, 0.3) is 11.3 Å². The van der Waals surface area contributed by atoms with Crippen molar-refractivity contribution >= 4 is 21.4 Å². The zero-order valence-corrected chi connectivity index (χ0v) is 11.8. The number of rotatable bonds is 3. The van der Waals surface area contributed by atoms with Crippen LogP contribution in [0, 0.1) is 0 Å². The summed E-state index contributed by atoms with van der Waals surface area (Å²) in [6.45, 7) is 0. The Morgan fingerprint density at radius 3 is 2.58 bits per heavy atom. The molecule has 19 heavy (non-hydrogen) atoms. The Kier molecular flexibility index (Phi) is 3.23. The van der Waals surface area contributed by atoms with Crippen LogP contribution in [0.3, 0.4) is 0 Å². The Hall–Kier alpha value is -2.02. The second-order valence-electron chi connectivity index (χ2n) is 4.43. The summed E-state index contributed by atoms with van der Waals surface area (Å²) in [4.78, 5) is 4.23. The number of hydrogen-bond donors (Lipinski definition) is 1. The molecule has 0 aliphatic heterocycles. The van der Waals surface area contributed by atoms with E-state index in [9.17, 15) is 8.42 Å². The number of nitrogen functional groups attached to an aromatic ring is 1. The molecule has 0 atom stereocenters. The lowest BCUT2D eigenvalue weighted by Gasteiger charge is -2.19. The molecule has 0 amide bonds. The van der Waals surface area contributed by atoms with Gasteiger partial charge in [-0.3, -0.25) is 4.31 Å². The van der Waals surface area contributed by atoms with Gasteiger partial charge in [-0.25, -0.2) is 13.4 Å². The molecule has 2 N–H and O–H groups in total. The third-order valence-electron chi connectivity index (χ3n) is 2.87. The van der Waals surface area contributed by atoms with Crippen molar-refractivity contribution in [3.63, 3.8) is 0 Å². The Morgan fingerprint density at radius 1 is 1.37 bits per heavy atom. The third kappa shape index (κ3) is 2.70. The molecule has 0 saturated heterocycles. The first-order valence-corrected chi connectivity index (χ1v) is 7.45. The number of sulfonamides is 1. The van der Waals surface area contributed by atoms with Gasteiger partial charge in [0, 0.05) is 25.9 Å². The minimum Gasteiger partial charge on any atom is -0.397 e. The molecule has 2 aromatic rings. The summed E-state index contributed by atoms with van der Waals surface area (Å²) in [5.41, 5.74) is 8.29. The fourth-order valence-electron chi connectivity index (χ4n) is 1.72. The predicted octanol–water partition coefficient (Wildman–Crippen LogP) is 1.07. The maximum Gasteiger partial charge on any atom is 0.232 e. The van der Waals surface area contributed by atoms with Crippen molar-refractivity contribution in [3.8, 4) is 11.3 Å². The largest absolute Gasteiger partial charge is 0.397 e. The van der Waals surface area contributed by atoms with E-state index in [1.807, 2.05) is 23.9 Å². The lowest BCUT2D eigenvalue weighted by atomic mass is 10.1. The lowest BCUT2D eigenvalue weighted by Crippen LogP contribution is -2.25. The highest BCUT2D eigenvalue weighted by Gasteiger charge is 2.16. The van der Waals surface area contributed by atoms with Crippen LogP contribution in [0.4, 0.5) is 11.4 Å². The first kappa shape index (κ1) is 13.4. The minimum absolute atomic E-state index is 0.410. The first-order valence-electron chi connectivity index (χ1n) is 5.61. The maximum atomic E-state index is 11.6. The summed E-state index contributed by atoms with van der Waals surface area (Å²) in [5.74, 6) is 0. The van der Waals surface area contributed by atoms with Crippen LogP contribution in [0.2, 0.25) is 0 Å². The van der Waals surface area contributed by atoms with Gasteiger partial charge in [0.15, 0.2) is 0 Å². The molecule has 0 spiro atoms. The SMILES string of the molecule is CN(c1cc(-c2cn(C)cn2)ccc1N)S(C)(=O)=O. The van der Waals surface area contributed by atoms with E-state index in [1.54, 1.807) is 18.5 Å². The number of imidazole rings is 1. The minimum atomic E-state index is -3.34. The smallest absolute Gasteiger partial charge is 0.232 e. The lowest BCUT2D eigenvalue weighted by molar-refractivity contribution is 0.600. The molecule has 0 aliphatic rings. The second kappa shape index (κ2) is 4.58. The van der Waals surface area contributed by atoms with Crippen molar-refractivity contribution in [3.05, 3.63) is 30.7 Å². The van der Waals surface area contributed by atoms with E-state index >= 15 is 0 Å². The highest BCUT2D eigenvalue weighted by atomic mass is 32.2. The Morgan fingerprint density at radius 2 is 2.05 bits per heavy atom. The van der Waals surface area contributed by atoms with Gasteiger partial charge in [-0.15, -0.1) is 0 Å². The number of nitrogens with zero attached hydrogens (tertiary/aromatic N) is 3. The molecule has 2 rings (SSSR count). The second-order valence-corrected chi connectivity index (χ2v) is 6.44. The van der Waals surface area contributed by atoms with E-state index in [0.717, 1.165) is 21.8 Å². The van der Waals surface area contributed by atoms with Gasteiger partial charge in [0.05, 0.1) is 29.7 Å². The number of aryl methyl sites for hydroxylation is 1. The number of anilines is 2. The number of aromatic nitrogens is 2. The van der Waals surface area contributed by atoms with E-state index in [1.165, 1.54) is 7.05 Å². The molecule has 1 aromatic carbocycles. The molecule has 1 aromatic heterocycles. The summed E-state index contributed by atoms with van der Waals surface area (Å²) in [5, 5.41) is 0. The summed E-state index contributed by atoms with van der Waals surface area (Å²) in [7, 11) is 0.00339. The predicted molar refractivity (Wildman–Crippen MR) is 76.3 cm³/mol. The molecule has 0 bridgehead atoms. The van der Waals surface area contributed by atoms with Crippen LogP contribution < -0.4 is 10.0 Å². The average molecular weight is 280 g/mol. The number of benzene rings is 1. The summed E-state index contributed by atoms with van der Waals surface area (Å²) < 4.78 is 26.2. The molecule has 0 saturated carbocycles. The van der Waals surface area contributed by atoms with Crippen LogP contribution in [-0.2, 0) is 17.1 Å².